The first-order chi connectivity index (χ1) is 9.50. The maximum atomic E-state index is 11.9. The van der Waals surface area contributed by atoms with E-state index in [0.29, 0.717) is 6.42 Å². The van der Waals surface area contributed by atoms with Crippen molar-refractivity contribution in [1.82, 2.24) is 0 Å². The Labute approximate surface area is 120 Å². The van der Waals surface area contributed by atoms with E-state index in [1.165, 1.54) is 14.2 Å². The first-order valence-corrected chi connectivity index (χ1v) is 8.31. The van der Waals surface area contributed by atoms with E-state index in [9.17, 15) is 9.36 Å². The fraction of sp³-hybridized carbons (Fsp3) is 0.533. The van der Waals surface area contributed by atoms with Crippen molar-refractivity contribution in [3.05, 3.63) is 23.8 Å². The van der Waals surface area contributed by atoms with E-state index < -0.39 is 7.60 Å². The number of ketones is 1. The summed E-state index contributed by atoms with van der Waals surface area (Å²) < 4.78 is 21.4. The Morgan fingerprint density at radius 2 is 2.15 bits per heavy atom. The number of allylic oxidation sites excluding steroid dienone is 4. The predicted molar refractivity (Wildman–Crippen MR) is 79.5 cm³/mol. The zero-order chi connectivity index (χ0) is 15.0. The summed E-state index contributed by atoms with van der Waals surface area (Å²) >= 11 is 0. The molecule has 0 heterocycles. The fourth-order valence-corrected chi connectivity index (χ4v) is 2.79. The highest BCUT2D eigenvalue weighted by Gasteiger charge is 2.27. The van der Waals surface area contributed by atoms with E-state index >= 15 is 0 Å². The molecular formula is C15H21O4P. The Morgan fingerprint density at radius 3 is 2.70 bits per heavy atom. The van der Waals surface area contributed by atoms with Crippen molar-refractivity contribution in [2.24, 2.45) is 5.92 Å². The lowest BCUT2D eigenvalue weighted by Crippen LogP contribution is -2.16. The molecule has 0 N–H and O–H groups in total. The molecule has 1 unspecified atom stereocenters. The first-order valence-electron chi connectivity index (χ1n) is 6.58. The zero-order valence-electron chi connectivity index (χ0n) is 12.2. The van der Waals surface area contributed by atoms with Gasteiger partial charge in [0, 0.05) is 32.1 Å². The number of Topliss-reactive ketones (excluding diaryl/α,β-unsaturated/α-hetero) is 1. The molecule has 1 rings (SSSR count). The monoisotopic (exact) mass is 296 g/mol. The Hall–Kier alpha value is -1.14. The van der Waals surface area contributed by atoms with Gasteiger partial charge in [-0.3, -0.25) is 9.36 Å². The lowest BCUT2D eigenvalue weighted by Gasteiger charge is -2.14. The van der Waals surface area contributed by atoms with Crippen LogP contribution in [-0.2, 0) is 18.4 Å². The van der Waals surface area contributed by atoms with Gasteiger partial charge in [-0.25, -0.2) is 0 Å². The number of carbonyl (C=O) groups excluding carboxylic acids is 1. The average Bonchev–Trinajstić information content (AvgIpc) is 2.48. The van der Waals surface area contributed by atoms with Gasteiger partial charge in [-0.15, -0.1) is 0 Å². The van der Waals surface area contributed by atoms with Gasteiger partial charge in [0.2, 0.25) is 0 Å². The van der Waals surface area contributed by atoms with E-state index in [1.54, 1.807) is 6.92 Å². The molecule has 0 amide bonds. The molecule has 0 aromatic rings. The Morgan fingerprint density at radius 1 is 1.45 bits per heavy atom. The van der Waals surface area contributed by atoms with Crippen LogP contribution in [-0.4, -0.2) is 26.2 Å². The summed E-state index contributed by atoms with van der Waals surface area (Å²) in [6, 6.07) is 0. The topological polar surface area (TPSA) is 52.6 Å². The van der Waals surface area contributed by atoms with Gasteiger partial charge >= 0.3 is 7.60 Å². The van der Waals surface area contributed by atoms with E-state index in [2.05, 4.69) is 17.9 Å². The van der Waals surface area contributed by atoms with Crippen LogP contribution in [0.4, 0.5) is 0 Å². The SMILES string of the molecule is COP(=O)(CC(=O)C(C)CC#CC1=CC=CCC1)OC. The van der Waals surface area contributed by atoms with Crippen LogP contribution < -0.4 is 0 Å². The number of rotatable bonds is 6. The van der Waals surface area contributed by atoms with Crippen molar-refractivity contribution in [3.8, 4) is 11.8 Å². The highest BCUT2D eigenvalue weighted by atomic mass is 31.2. The third-order valence-electron chi connectivity index (χ3n) is 3.13. The van der Waals surface area contributed by atoms with Gasteiger partial charge in [-0.05, 0) is 12.8 Å². The molecule has 4 nitrogen and oxygen atoms in total. The van der Waals surface area contributed by atoms with Crippen molar-refractivity contribution < 1.29 is 18.4 Å². The molecule has 0 aromatic heterocycles. The van der Waals surface area contributed by atoms with Gasteiger partial charge in [0.25, 0.3) is 0 Å². The molecule has 110 valence electrons. The van der Waals surface area contributed by atoms with Crippen LogP contribution in [0.3, 0.4) is 0 Å². The molecule has 0 aliphatic heterocycles. The second-order valence-corrected chi connectivity index (χ2v) is 6.93. The highest BCUT2D eigenvalue weighted by molar-refractivity contribution is 7.54. The molecule has 5 heteroatoms. The molecular weight excluding hydrogens is 275 g/mol. The zero-order valence-corrected chi connectivity index (χ0v) is 13.1. The first kappa shape index (κ1) is 16.9. The molecule has 1 atom stereocenters. The normalized spacial score (nSPS) is 16.1. The lowest BCUT2D eigenvalue weighted by molar-refractivity contribution is -0.120. The van der Waals surface area contributed by atoms with Gasteiger partial charge in [-0.2, -0.15) is 0 Å². The quantitative estimate of drug-likeness (QED) is 0.557. The number of hydrogen-bond acceptors (Lipinski definition) is 4. The number of carbonyl (C=O) groups is 1. The van der Waals surface area contributed by atoms with Crippen LogP contribution >= 0.6 is 7.60 Å². The van der Waals surface area contributed by atoms with Gasteiger partial charge in [0.15, 0.2) is 0 Å². The predicted octanol–water partition coefficient (Wildman–Crippen LogP) is 3.35. The molecule has 0 aromatic carbocycles. The van der Waals surface area contributed by atoms with Crippen LogP contribution in [0.15, 0.2) is 23.8 Å². The molecule has 0 spiro atoms. The summed E-state index contributed by atoms with van der Waals surface area (Å²) in [6.45, 7) is 1.78. The van der Waals surface area contributed by atoms with Crippen LogP contribution in [0, 0.1) is 17.8 Å². The summed E-state index contributed by atoms with van der Waals surface area (Å²) in [5.74, 6) is 5.66. The van der Waals surface area contributed by atoms with Crippen molar-refractivity contribution in [1.29, 1.82) is 0 Å². The van der Waals surface area contributed by atoms with Gasteiger partial charge in [-0.1, -0.05) is 37.0 Å². The van der Waals surface area contributed by atoms with Gasteiger partial charge in [0.05, 0.1) is 0 Å². The highest BCUT2D eigenvalue weighted by Crippen LogP contribution is 2.46. The molecule has 1 aliphatic rings. The van der Waals surface area contributed by atoms with Crippen LogP contribution in [0.25, 0.3) is 0 Å². The van der Waals surface area contributed by atoms with Gasteiger partial charge in [0.1, 0.15) is 11.9 Å². The minimum Gasteiger partial charge on any atom is -0.312 e. The van der Waals surface area contributed by atoms with E-state index in [0.717, 1.165) is 18.4 Å². The van der Waals surface area contributed by atoms with E-state index in [4.69, 9.17) is 9.05 Å². The number of hydrogen-bond donors (Lipinski definition) is 0. The van der Waals surface area contributed by atoms with Gasteiger partial charge < -0.3 is 9.05 Å². The molecule has 0 radical (unpaired) electrons. The van der Waals surface area contributed by atoms with Crippen molar-refractivity contribution >= 4 is 13.4 Å². The second-order valence-electron chi connectivity index (χ2n) is 4.67. The summed E-state index contributed by atoms with van der Waals surface area (Å²) in [5, 5.41) is 0. The Bertz CT molecular complexity index is 500. The van der Waals surface area contributed by atoms with Crippen molar-refractivity contribution in [2.45, 2.75) is 26.2 Å². The fourth-order valence-electron chi connectivity index (χ4n) is 1.69. The Balaban J connectivity index is 2.50. The molecule has 0 fully saturated rings. The molecule has 0 saturated heterocycles. The molecule has 1 aliphatic carbocycles. The van der Waals surface area contributed by atoms with Crippen molar-refractivity contribution in [3.63, 3.8) is 0 Å². The average molecular weight is 296 g/mol. The second kappa shape index (κ2) is 8.21. The minimum absolute atomic E-state index is 0.149. The summed E-state index contributed by atoms with van der Waals surface area (Å²) in [6.07, 6.45) is 8.31. The summed E-state index contributed by atoms with van der Waals surface area (Å²) in [4.78, 5) is 11.9. The van der Waals surface area contributed by atoms with Crippen LogP contribution in [0.5, 0.6) is 0 Å². The molecule has 0 saturated carbocycles. The molecule has 0 bridgehead atoms. The third kappa shape index (κ3) is 5.46. The third-order valence-corrected chi connectivity index (χ3v) is 4.94. The largest absolute Gasteiger partial charge is 0.337 e. The lowest BCUT2D eigenvalue weighted by atomic mass is 10.0. The summed E-state index contributed by atoms with van der Waals surface area (Å²) in [7, 11) is -0.702. The van der Waals surface area contributed by atoms with Crippen molar-refractivity contribution in [2.75, 3.05) is 20.4 Å². The van der Waals surface area contributed by atoms with E-state index in [1.807, 2.05) is 12.2 Å². The standard InChI is InChI=1S/C15H21O4P/c1-13(15(16)12-20(17,18-2)19-3)8-7-11-14-9-5-4-6-10-14/h4-5,9,13H,6,8,10,12H2,1-3H3. The minimum atomic E-state index is -3.27. The van der Waals surface area contributed by atoms with Crippen LogP contribution in [0.1, 0.15) is 26.2 Å². The van der Waals surface area contributed by atoms with Crippen LogP contribution in [0.2, 0.25) is 0 Å². The van der Waals surface area contributed by atoms with E-state index in [-0.39, 0.29) is 17.9 Å². The smallest absolute Gasteiger partial charge is 0.312 e. The summed E-state index contributed by atoms with van der Waals surface area (Å²) in [5.41, 5.74) is 1.09. The maximum absolute atomic E-state index is 11.9. The maximum Gasteiger partial charge on any atom is 0.337 e. The molecule has 20 heavy (non-hydrogen) atoms. The Kier molecular flexibility index (Phi) is 6.95.